The molecule has 1 fully saturated rings. The molecule has 0 saturated heterocycles. The normalized spacial score (nSPS) is 20.4. The van der Waals surface area contributed by atoms with Crippen LogP contribution in [0, 0.1) is 0 Å². The number of hydrogen-bond donors (Lipinski definition) is 2. The maximum Gasteiger partial charge on any atom is 0.408 e. The van der Waals surface area contributed by atoms with E-state index < -0.39 is 36.4 Å². The standard InChI is InChI=1S/C9H11F2NO4/c1-2-3-16-7(15)12-8(6(13)14)4-9(10,11)5-8/h2H,1,3-5H2,(H,12,15)(H,13,14). The zero-order valence-corrected chi connectivity index (χ0v) is 8.33. The summed E-state index contributed by atoms with van der Waals surface area (Å²) in [5.74, 6) is -4.54. The van der Waals surface area contributed by atoms with Crippen LogP contribution in [0.1, 0.15) is 12.8 Å². The van der Waals surface area contributed by atoms with Crippen LogP contribution < -0.4 is 5.32 Å². The van der Waals surface area contributed by atoms with Crippen LogP contribution in [-0.4, -0.2) is 35.2 Å². The Bertz CT molecular complexity index is 321. The Kier molecular flexibility index (Phi) is 3.16. The lowest BCUT2D eigenvalue weighted by Gasteiger charge is -2.43. The Morgan fingerprint density at radius 2 is 2.06 bits per heavy atom. The third-order valence-corrected chi connectivity index (χ3v) is 2.20. The fourth-order valence-electron chi connectivity index (χ4n) is 1.49. The number of nitrogens with one attached hydrogen (secondary N) is 1. The highest BCUT2D eigenvalue weighted by atomic mass is 19.3. The van der Waals surface area contributed by atoms with E-state index in [4.69, 9.17) is 5.11 Å². The van der Waals surface area contributed by atoms with Crippen molar-refractivity contribution in [1.29, 1.82) is 0 Å². The molecule has 1 rings (SSSR count). The Labute approximate surface area is 90.1 Å². The molecule has 0 unspecified atom stereocenters. The van der Waals surface area contributed by atoms with Crippen LogP contribution in [0.15, 0.2) is 12.7 Å². The third-order valence-electron chi connectivity index (χ3n) is 2.20. The van der Waals surface area contributed by atoms with E-state index >= 15 is 0 Å². The number of rotatable bonds is 4. The summed E-state index contributed by atoms with van der Waals surface area (Å²) in [5, 5.41) is 10.7. The summed E-state index contributed by atoms with van der Waals surface area (Å²) in [6.07, 6.45) is -1.60. The number of halogens is 2. The van der Waals surface area contributed by atoms with E-state index in [9.17, 15) is 18.4 Å². The molecule has 0 atom stereocenters. The zero-order chi connectivity index (χ0) is 12.4. The van der Waals surface area contributed by atoms with Gasteiger partial charge in [0.05, 0.1) is 0 Å². The van der Waals surface area contributed by atoms with Gasteiger partial charge in [0.2, 0.25) is 0 Å². The average Bonchev–Trinajstić information content (AvgIpc) is 2.11. The van der Waals surface area contributed by atoms with Crippen LogP contribution in [0.2, 0.25) is 0 Å². The van der Waals surface area contributed by atoms with E-state index in [1.807, 2.05) is 5.32 Å². The molecule has 0 aromatic heterocycles. The summed E-state index contributed by atoms with van der Waals surface area (Å²) in [6, 6.07) is 0. The number of ether oxygens (including phenoxy) is 1. The van der Waals surface area contributed by atoms with Crippen LogP contribution in [0.5, 0.6) is 0 Å². The zero-order valence-electron chi connectivity index (χ0n) is 8.33. The fraction of sp³-hybridized carbons (Fsp3) is 0.556. The summed E-state index contributed by atoms with van der Waals surface area (Å²) in [6.45, 7) is 3.17. The number of amides is 1. The fourth-order valence-corrected chi connectivity index (χ4v) is 1.49. The third kappa shape index (κ3) is 2.47. The molecular formula is C9H11F2NO4. The molecule has 0 radical (unpaired) electrons. The predicted octanol–water partition coefficient (Wildman–Crippen LogP) is 1.15. The van der Waals surface area contributed by atoms with Crippen molar-refractivity contribution < 1.29 is 28.2 Å². The topological polar surface area (TPSA) is 75.6 Å². The van der Waals surface area contributed by atoms with E-state index in [2.05, 4.69) is 11.3 Å². The van der Waals surface area contributed by atoms with Gasteiger partial charge >= 0.3 is 12.1 Å². The minimum atomic E-state index is -3.05. The monoisotopic (exact) mass is 235 g/mol. The molecule has 0 heterocycles. The summed E-state index contributed by atoms with van der Waals surface area (Å²) in [4.78, 5) is 21.8. The first-order chi connectivity index (χ1) is 7.31. The Morgan fingerprint density at radius 1 is 1.50 bits per heavy atom. The van der Waals surface area contributed by atoms with E-state index in [0.29, 0.717) is 0 Å². The molecule has 16 heavy (non-hydrogen) atoms. The van der Waals surface area contributed by atoms with Crippen LogP contribution >= 0.6 is 0 Å². The van der Waals surface area contributed by atoms with Crippen molar-refractivity contribution in [2.75, 3.05) is 6.61 Å². The van der Waals surface area contributed by atoms with Gasteiger partial charge in [-0.25, -0.2) is 18.4 Å². The summed E-state index contributed by atoms with van der Waals surface area (Å²) in [7, 11) is 0. The van der Waals surface area contributed by atoms with Crippen molar-refractivity contribution in [3.63, 3.8) is 0 Å². The number of carboxylic acids is 1. The van der Waals surface area contributed by atoms with Crippen molar-refractivity contribution in [2.24, 2.45) is 0 Å². The molecule has 0 bridgehead atoms. The Morgan fingerprint density at radius 3 is 2.44 bits per heavy atom. The van der Waals surface area contributed by atoms with Crippen molar-refractivity contribution in [2.45, 2.75) is 24.3 Å². The minimum absolute atomic E-state index is 0.113. The predicted molar refractivity (Wildman–Crippen MR) is 49.2 cm³/mol. The SMILES string of the molecule is C=CCOC(=O)NC1(C(=O)O)CC(F)(F)C1. The molecular weight excluding hydrogens is 224 g/mol. The summed E-state index contributed by atoms with van der Waals surface area (Å²) < 4.78 is 29.7. The van der Waals surface area contributed by atoms with Crippen molar-refractivity contribution >= 4 is 12.1 Å². The van der Waals surface area contributed by atoms with Crippen LogP contribution in [0.3, 0.4) is 0 Å². The van der Waals surface area contributed by atoms with Gasteiger partial charge in [-0.3, -0.25) is 0 Å². The molecule has 1 aliphatic rings. The van der Waals surface area contributed by atoms with Gasteiger partial charge in [-0.15, -0.1) is 0 Å². The molecule has 2 N–H and O–H groups in total. The van der Waals surface area contributed by atoms with Gasteiger partial charge in [0, 0.05) is 12.8 Å². The number of alkyl halides is 2. The molecule has 5 nitrogen and oxygen atoms in total. The first-order valence-corrected chi connectivity index (χ1v) is 4.48. The Balaban J connectivity index is 2.58. The molecule has 0 spiro atoms. The van der Waals surface area contributed by atoms with E-state index in [0.717, 1.165) is 0 Å². The van der Waals surface area contributed by atoms with E-state index in [-0.39, 0.29) is 6.61 Å². The highest BCUT2D eigenvalue weighted by molar-refractivity contribution is 5.86. The number of hydrogen-bond acceptors (Lipinski definition) is 3. The lowest BCUT2D eigenvalue weighted by Crippen LogP contribution is -2.66. The number of alkyl carbamates (subject to hydrolysis) is 1. The number of carbonyl (C=O) groups excluding carboxylic acids is 1. The molecule has 0 aliphatic heterocycles. The molecule has 1 aliphatic carbocycles. The van der Waals surface area contributed by atoms with Crippen molar-refractivity contribution in [3.8, 4) is 0 Å². The van der Waals surface area contributed by atoms with Gasteiger partial charge in [0.25, 0.3) is 5.92 Å². The molecule has 90 valence electrons. The largest absolute Gasteiger partial charge is 0.479 e. The lowest BCUT2D eigenvalue weighted by atomic mass is 9.73. The maximum absolute atomic E-state index is 12.6. The Hall–Kier alpha value is -1.66. The highest BCUT2D eigenvalue weighted by Crippen LogP contribution is 2.45. The van der Waals surface area contributed by atoms with Crippen molar-refractivity contribution in [1.82, 2.24) is 5.32 Å². The summed E-state index contributed by atoms with van der Waals surface area (Å²) in [5.41, 5.74) is -1.91. The molecule has 0 aromatic rings. The quantitative estimate of drug-likeness (QED) is 0.717. The van der Waals surface area contributed by atoms with Gasteiger partial charge in [0.1, 0.15) is 6.61 Å². The minimum Gasteiger partial charge on any atom is -0.479 e. The first kappa shape index (κ1) is 12.4. The number of carbonyl (C=O) groups is 2. The van der Waals surface area contributed by atoms with Gasteiger partial charge in [-0.1, -0.05) is 12.7 Å². The second-order valence-electron chi connectivity index (χ2n) is 3.61. The van der Waals surface area contributed by atoms with Gasteiger partial charge in [-0.05, 0) is 0 Å². The van der Waals surface area contributed by atoms with Gasteiger partial charge < -0.3 is 15.2 Å². The molecule has 1 saturated carbocycles. The second-order valence-corrected chi connectivity index (χ2v) is 3.61. The van der Waals surface area contributed by atoms with Crippen molar-refractivity contribution in [3.05, 3.63) is 12.7 Å². The highest BCUT2D eigenvalue weighted by Gasteiger charge is 2.62. The van der Waals surface area contributed by atoms with E-state index in [1.165, 1.54) is 6.08 Å². The van der Waals surface area contributed by atoms with Crippen LogP contribution in [-0.2, 0) is 9.53 Å². The second kappa shape index (κ2) is 4.07. The maximum atomic E-state index is 12.6. The lowest BCUT2D eigenvalue weighted by molar-refractivity contribution is -0.176. The number of aliphatic carboxylic acids is 1. The average molecular weight is 235 g/mol. The first-order valence-electron chi connectivity index (χ1n) is 4.48. The number of carboxylic acid groups (broad SMARTS) is 1. The van der Waals surface area contributed by atoms with Gasteiger partial charge in [-0.2, -0.15) is 0 Å². The van der Waals surface area contributed by atoms with Crippen LogP contribution in [0.25, 0.3) is 0 Å². The van der Waals surface area contributed by atoms with Crippen LogP contribution in [0.4, 0.5) is 13.6 Å². The smallest absolute Gasteiger partial charge is 0.408 e. The summed E-state index contributed by atoms with van der Waals surface area (Å²) >= 11 is 0. The van der Waals surface area contributed by atoms with Gasteiger partial charge in [0.15, 0.2) is 5.54 Å². The van der Waals surface area contributed by atoms with E-state index in [1.54, 1.807) is 0 Å². The molecule has 7 heteroatoms. The molecule has 0 aromatic carbocycles. The molecule has 1 amide bonds.